The van der Waals surface area contributed by atoms with Crippen LogP contribution in [-0.2, 0) is 9.53 Å². The zero-order valence-electron chi connectivity index (χ0n) is 13.8. The van der Waals surface area contributed by atoms with Gasteiger partial charge in [-0.3, -0.25) is 9.59 Å². The normalized spacial score (nSPS) is 17.1. The molecule has 0 bridgehead atoms. The number of carbonyl (C=O) groups excluding carboxylic acids is 2. The van der Waals surface area contributed by atoms with E-state index < -0.39 is 5.91 Å². The smallest absolute Gasteiger partial charge is 0.260 e. The van der Waals surface area contributed by atoms with Gasteiger partial charge in [0, 0.05) is 12.1 Å². The molecular formula is C19H20N2O4. The van der Waals surface area contributed by atoms with E-state index in [1.807, 2.05) is 30.3 Å². The van der Waals surface area contributed by atoms with Gasteiger partial charge >= 0.3 is 0 Å². The molecule has 0 unspecified atom stereocenters. The zero-order valence-corrected chi connectivity index (χ0v) is 13.8. The number of nitrogens with two attached hydrogens (primary N) is 1. The van der Waals surface area contributed by atoms with Crippen molar-refractivity contribution in [3.63, 3.8) is 0 Å². The minimum Gasteiger partial charge on any atom is -0.484 e. The minimum atomic E-state index is -0.497. The third-order valence-corrected chi connectivity index (χ3v) is 4.09. The van der Waals surface area contributed by atoms with Gasteiger partial charge in [0.2, 0.25) is 5.91 Å². The summed E-state index contributed by atoms with van der Waals surface area (Å²) in [7, 11) is 0. The number of nitrogens with zero attached hydrogens (tertiary/aromatic N) is 1. The van der Waals surface area contributed by atoms with Crippen LogP contribution in [0.1, 0.15) is 22.0 Å². The molecule has 2 N–H and O–H groups in total. The molecule has 1 atom stereocenters. The third kappa shape index (κ3) is 4.36. The van der Waals surface area contributed by atoms with E-state index in [1.165, 1.54) is 0 Å². The molecule has 2 aromatic rings. The standard InChI is InChI=1S/C19H20N2O4/c20-19(23)15-6-8-16(9-7-15)25-13-18(22)21-10-11-24-17(12-21)14-4-2-1-3-5-14/h1-9,17H,10-13H2,(H2,20,23)/t17-/m1/s1. The predicted octanol–water partition coefficient (Wildman–Crippen LogP) is 1.76. The maximum atomic E-state index is 12.4. The zero-order chi connectivity index (χ0) is 17.6. The van der Waals surface area contributed by atoms with Crippen molar-refractivity contribution in [3.05, 3.63) is 65.7 Å². The fraction of sp³-hybridized carbons (Fsp3) is 0.263. The molecule has 25 heavy (non-hydrogen) atoms. The van der Waals surface area contributed by atoms with Gasteiger partial charge in [-0.05, 0) is 29.8 Å². The summed E-state index contributed by atoms with van der Waals surface area (Å²) in [5.41, 5.74) is 6.65. The number of hydrogen-bond acceptors (Lipinski definition) is 4. The number of amides is 2. The first-order chi connectivity index (χ1) is 12.1. The lowest BCUT2D eigenvalue weighted by atomic mass is 10.1. The number of morpholine rings is 1. The Morgan fingerprint density at radius 2 is 1.84 bits per heavy atom. The second-order valence-electron chi connectivity index (χ2n) is 5.79. The van der Waals surface area contributed by atoms with Crippen LogP contribution in [0, 0.1) is 0 Å². The summed E-state index contributed by atoms with van der Waals surface area (Å²) in [6, 6.07) is 16.2. The summed E-state index contributed by atoms with van der Waals surface area (Å²) >= 11 is 0. The van der Waals surface area contributed by atoms with Crippen molar-refractivity contribution in [3.8, 4) is 5.75 Å². The fourth-order valence-corrected chi connectivity index (χ4v) is 2.70. The Morgan fingerprint density at radius 1 is 1.12 bits per heavy atom. The molecule has 2 amide bonds. The van der Waals surface area contributed by atoms with Gasteiger partial charge < -0.3 is 20.1 Å². The van der Waals surface area contributed by atoms with Gasteiger partial charge in [-0.15, -0.1) is 0 Å². The summed E-state index contributed by atoms with van der Waals surface area (Å²) < 4.78 is 11.3. The van der Waals surface area contributed by atoms with Crippen LogP contribution in [-0.4, -0.2) is 43.0 Å². The first-order valence-corrected chi connectivity index (χ1v) is 8.10. The number of hydrogen-bond donors (Lipinski definition) is 1. The van der Waals surface area contributed by atoms with Gasteiger partial charge in [-0.2, -0.15) is 0 Å². The highest BCUT2D eigenvalue weighted by Crippen LogP contribution is 2.22. The third-order valence-electron chi connectivity index (χ3n) is 4.09. The Morgan fingerprint density at radius 3 is 2.52 bits per heavy atom. The quantitative estimate of drug-likeness (QED) is 0.899. The highest BCUT2D eigenvalue weighted by atomic mass is 16.5. The predicted molar refractivity (Wildman–Crippen MR) is 92.2 cm³/mol. The number of ether oxygens (including phenoxy) is 2. The van der Waals surface area contributed by atoms with Crippen LogP contribution < -0.4 is 10.5 Å². The van der Waals surface area contributed by atoms with Gasteiger partial charge in [0.15, 0.2) is 6.61 Å². The first-order valence-electron chi connectivity index (χ1n) is 8.10. The van der Waals surface area contributed by atoms with Gasteiger partial charge in [0.1, 0.15) is 11.9 Å². The molecule has 6 heteroatoms. The molecule has 6 nitrogen and oxygen atoms in total. The largest absolute Gasteiger partial charge is 0.484 e. The van der Waals surface area contributed by atoms with Crippen molar-refractivity contribution in [1.29, 1.82) is 0 Å². The Balaban J connectivity index is 1.55. The molecule has 3 rings (SSSR count). The number of benzene rings is 2. The fourth-order valence-electron chi connectivity index (χ4n) is 2.70. The van der Waals surface area contributed by atoms with Crippen LogP contribution in [0.25, 0.3) is 0 Å². The van der Waals surface area contributed by atoms with Crippen LogP contribution in [0.15, 0.2) is 54.6 Å². The second kappa shape index (κ2) is 7.81. The maximum absolute atomic E-state index is 12.4. The molecule has 2 aromatic carbocycles. The van der Waals surface area contributed by atoms with E-state index in [9.17, 15) is 9.59 Å². The van der Waals surface area contributed by atoms with Crippen LogP contribution in [0.5, 0.6) is 5.75 Å². The Labute approximate surface area is 146 Å². The molecule has 0 aromatic heterocycles. The average Bonchev–Trinajstić information content (AvgIpc) is 2.67. The van der Waals surface area contributed by atoms with Gasteiger partial charge in [-0.25, -0.2) is 0 Å². The van der Waals surface area contributed by atoms with Gasteiger partial charge in [0.25, 0.3) is 5.91 Å². The number of rotatable bonds is 5. The number of carbonyl (C=O) groups is 2. The van der Waals surface area contributed by atoms with Crippen LogP contribution in [0.4, 0.5) is 0 Å². The second-order valence-corrected chi connectivity index (χ2v) is 5.79. The van der Waals surface area contributed by atoms with E-state index in [-0.39, 0.29) is 18.6 Å². The topological polar surface area (TPSA) is 81.9 Å². The molecule has 1 fully saturated rings. The van der Waals surface area contributed by atoms with Crippen LogP contribution >= 0.6 is 0 Å². The van der Waals surface area contributed by atoms with Crippen LogP contribution in [0.2, 0.25) is 0 Å². The van der Waals surface area contributed by atoms with Crippen LogP contribution in [0.3, 0.4) is 0 Å². The molecule has 0 radical (unpaired) electrons. The van der Waals surface area contributed by atoms with Crippen molar-refractivity contribution in [2.24, 2.45) is 5.73 Å². The first kappa shape index (κ1) is 17.0. The molecule has 130 valence electrons. The lowest BCUT2D eigenvalue weighted by Crippen LogP contribution is -2.44. The van der Waals surface area contributed by atoms with Crippen molar-refractivity contribution < 1.29 is 19.1 Å². The Hall–Kier alpha value is -2.86. The van der Waals surface area contributed by atoms with Crippen molar-refractivity contribution in [2.45, 2.75) is 6.10 Å². The highest BCUT2D eigenvalue weighted by molar-refractivity contribution is 5.92. The van der Waals surface area contributed by atoms with E-state index >= 15 is 0 Å². The summed E-state index contributed by atoms with van der Waals surface area (Å²) in [6.45, 7) is 1.50. The van der Waals surface area contributed by atoms with E-state index in [0.29, 0.717) is 31.0 Å². The number of primary amides is 1. The Bertz CT molecular complexity index is 731. The highest BCUT2D eigenvalue weighted by Gasteiger charge is 2.25. The molecule has 0 spiro atoms. The maximum Gasteiger partial charge on any atom is 0.260 e. The van der Waals surface area contributed by atoms with E-state index in [4.69, 9.17) is 15.2 Å². The van der Waals surface area contributed by atoms with E-state index in [0.717, 1.165) is 5.56 Å². The Kier molecular flexibility index (Phi) is 5.30. The van der Waals surface area contributed by atoms with Crippen molar-refractivity contribution in [2.75, 3.05) is 26.3 Å². The molecule has 1 aliphatic heterocycles. The molecule has 1 aliphatic rings. The molecule has 0 aliphatic carbocycles. The minimum absolute atomic E-state index is 0.0581. The van der Waals surface area contributed by atoms with Gasteiger partial charge in [-0.1, -0.05) is 30.3 Å². The lowest BCUT2D eigenvalue weighted by Gasteiger charge is -2.33. The lowest BCUT2D eigenvalue weighted by molar-refractivity contribution is -0.141. The van der Waals surface area contributed by atoms with E-state index in [1.54, 1.807) is 29.2 Å². The SMILES string of the molecule is NC(=O)c1ccc(OCC(=O)N2CCO[C@@H](c3ccccc3)C2)cc1. The van der Waals surface area contributed by atoms with E-state index in [2.05, 4.69) is 0 Å². The summed E-state index contributed by atoms with van der Waals surface area (Å²) in [4.78, 5) is 25.2. The molecule has 1 heterocycles. The summed E-state index contributed by atoms with van der Waals surface area (Å²) in [6.07, 6.45) is -0.117. The van der Waals surface area contributed by atoms with Crippen molar-refractivity contribution >= 4 is 11.8 Å². The molecule has 0 saturated carbocycles. The average molecular weight is 340 g/mol. The monoisotopic (exact) mass is 340 g/mol. The molecule has 1 saturated heterocycles. The summed E-state index contributed by atoms with van der Waals surface area (Å²) in [5.74, 6) is -0.0719. The summed E-state index contributed by atoms with van der Waals surface area (Å²) in [5, 5.41) is 0. The van der Waals surface area contributed by atoms with Crippen molar-refractivity contribution in [1.82, 2.24) is 4.90 Å². The van der Waals surface area contributed by atoms with Gasteiger partial charge in [0.05, 0.1) is 13.2 Å². The molecular weight excluding hydrogens is 320 g/mol.